The molecule has 2 aliphatic carbocycles. The lowest BCUT2D eigenvalue weighted by atomic mass is 9.86. The molecule has 2 aliphatic rings. The van der Waals surface area contributed by atoms with E-state index in [1.54, 1.807) is 0 Å². The van der Waals surface area contributed by atoms with Gasteiger partial charge in [-0.3, -0.25) is 4.79 Å². The fourth-order valence-corrected chi connectivity index (χ4v) is 3.55. The minimum absolute atomic E-state index is 0.257. The van der Waals surface area contributed by atoms with Gasteiger partial charge in [0.2, 0.25) is 5.91 Å². The average Bonchev–Trinajstić information content (AvgIpc) is 2.87. The number of carbonyl (C=O) groups is 1. The quantitative estimate of drug-likeness (QED) is 0.775. The van der Waals surface area contributed by atoms with Gasteiger partial charge < -0.3 is 5.32 Å². The van der Waals surface area contributed by atoms with Crippen LogP contribution in [0.1, 0.15) is 46.0 Å². The zero-order valence-corrected chi connectivity index (χ0v) is 12.5. The van der Waals surface area contributed by atoms with Crippen LogP contribution in [0.25, 0.3) is 0 Å². The molecule has 0 aromatic carbocycles. The summed E-state index contributed by atoms with van der Waals surface area (Å²) in [5.74, 6) is 3.31. The Kier molecular flexibility index (Phi) is 4.51. The summed E-state index contributed by atoms with van der Waals surface area (Å²) in [4.78, 5) is 12.3. The van der Waals surface area contributed by atoms with Gasteiger partial charge in [0.1, 0.15) is 0 Å². The Morgan fingerprint density at radius 3 is 2.65 bits per heavy atom. The highest BCUT2D eigenvalue weighted by atomic mass is 79.9. The van der Waals surface area contributed by atoms with Gasteiger partial charge in [-0.2, -0.15) is 0 Å². The van der Waals surface area contributed by atoms with E-state index < -0.39 is 0 Å². The molecule has 1 amide bonds. The second-order valence-corrected chi connectivity index (χ2v) is 7.38. The number of nitrogens with one attached hydrogen (secondary N) is 1. The van der Waals surface area contributed by atoms with E-state index in [0.29, 0.717) is 16.7 Å². The molecule has 0 heterocycles. The molecule has 2 bridgehead atoms. The highest BCUT2D eigenvalue weighted by molar-refractivity contribution is 9.09. The first-order chi connectivity index (χ1) is 8.06. The third-order valence-electron chi connectivity index (χ3n) is 4.55. The van der Waals surface area contributed by atoms with E-state index in [1.165, 1.54) is 25.7 Å². The van der Waals surface area contributed by atoms with E-state index in [-0.39, 0.29) is 5.91 Å². The van der Waals surface area contributed by atoms with E-state index in [2.05, 4.69) is 35.1 Å². The van der Waals surface area contributed by atoms with Gasteiger partial charge in [0.05, 0.1) is 0 Å². The van der Waals surface area contributed by atoms with Crippen LogP contribution in [-0.4, -0.2) is 17.3 Å². The van der Waals surface area contributed by atoms with Crippen LogP contribution in [-0.2, 0) is 4.79 Å². The molecule has 0 spiro atoms. The maximum atomic E-state index is 11.9. The first-order valence-electron chi connectivity index (χ1n) is 6.97. The fourth-order valence-electron chi connectivity index (χ4n) is 3.38. The molecule has 0 aromatic rings. The van der Waals surface area contributed by atoms with Crippen LogP contribution in [0.3, 0.4) is 0 Å². The Hall–Kier alpha value is -0.0500. The van der Waals surface area contributed by atoms with E-state index >= 15 is 0 Å². The van der Waals surface area contributed by atoms with Crippen molar-refractivity contribution in [2.45, 2.75) is 50.8 Å². The molecule has 0 radical (unpaired) electrons. The van der Waals surface area contributed by atoms with E-state index in [0.717, 1.165) is 24.8 Å². The summed E-state index contributed by atoms with van der Waals surface area (Å²) in [5.41, 5.74) is 0. The van der Waals surface area contributed by atoms with E-state index in [9.17, 15) is 4.79 Å². The maximum absolute atomic E-state index is 11.9. The third-order valence-corrected chi connectivity index (χ3v) is 5.93. The van der Waals surface area contributed by atoms with Crippen molar-refractivity contribution < 1.29 is 4.79 Å². The largest absolute Gasteiger partial charge is 0.355 e. The van der Waals surface area contributed by atoms with Crippen molar-refractivity contribution in [1.29, 1.82) is 0 Å². The van der Waals surface area contributed by atoms with Crippen LogP contribution in [0.5, 0.6) is 0 Å². The Morgan fingerprint density at radius 1 is 1.35 bits per heavy atom. The first kappa shape index (κ1) is 13.4. The molecule has 0 aliphatic heterocycles. The summed E-state index contributed by atoms with van der Waals surface area (Å²) in [5, 5.41) is 3.06. The number of halogens is 1. The lowest BCUT2D eigenvalue weighted by Gasteiger charge is -2.21. The van der Waals surface area contributed by atoms with Gasteiger partial charge in [-0.15, -0.1) is 0 Å². The van der Waals surface area contributed by atoms with Crippen molar-refractivity contribution in [2.75, 3.05) is 6.54 Å². The zero-order valence-electron chi connectivity index (χ0n) is 10.9. The molecule has 17 heavy (non-hydrogen) atoms. The Balaban J connectivity index is 1.67. The number of carbonyl (C=O) groups excluding carboxylic acids is 1. The second-order valence-electron chi connectivity index (χ2n) is 6.20. The van der Waals surface area contributed by atoms with Crippen molar-refractivity contribution in [1.82, 2.24) is 5.32 Å². The summed E-state index contributed by atoms with van der Waals surface area (Å²) in [6, 6.07) is 0. The SMILES string of the molecule is CC(C)C(Br)CNC(=O)CC1CC2CCC1C2. The van der Waals surface area contributed by atoms with Crippen molar-refractivity contribution in [3.05, 3.63) is 0 Å². The highest BCUT2D eigenvalue weighted by Crippen LogP contribution is 2.49. The van der Waals surface area contributed by atoms with E-state index in [4.69, 9.17) is 0 Å². The Bertz CT molecular complexity index is 279. The Morgan fingerprint density at radius 2 is 2.12 bits per heavy atom. The molecule has 0 aromatic heterocycles. The molecule has 1 N–H and O–H groups in total. The Labute approximate surface area is 113 Å². The number of amides is 1. The molecule has 98 valence electrons. The van der Waals surface area contributed by atoms with Crippen molar-refractivity contribution in [3.8, 4) is 0 Å². The van der Waals surface area contributed by atoms with Gasteiger partial charge in [-0.1, -0.05) is 36.2 Å². The number of alkyl halides is 1. The molecule has 2 fully saturated rings. The smallest absolute Gasteiger partial charge is 0.220 e. The lowest BCUT2D eigenvalue weighted by Crippen LogP contribution is -2.33. The van der Waals surface area contributed by atoms with Crippen molar-refractivity contribution in [3.63, 3.8) is 0 Å². The van der Waals surface area contributed by atoms with Crippen molar-refractivity contribution >= 4 is 21.8 Å². The van der Waals surface area contributed by atoms with E-state index in [1.807, 2.05) is 0 Å². The van der Waals surface area contributed by atoms with Gasteiger partial charge in [0.15, 0.2) is 0 Å². The molecule has 2 nitrogen and oxygen atoms in total. The van der Waals surface area contributed by atoms with Gasteiger partial charge in [0.25, 0.3) is 0 Å². The van der Waals surface area contributed by atoms with Gasteiger partial charge in [-0.25, -0.2) is 0 Å². The van der Waals surface area contributed by atoms with Crippen LogP contribution in [0.15, 0.2) is 0 Å². The monoisotopic (exact) mass is 301 g/mol. The van der Waals surface area contributed by atoms with Crippen LogP contribution < -0.4 is 5.32 Å². The molecule has 2 saturated carbocycles. The second kappa shape index (κ2) is 5.73. The topological polar surface area (TPSA) is 29.1 Å². The van der Waals surface area contributed by atoms with Crippen LogP contribution in [0.2, 0.25) is 0 Å². The summed E-state index contributed by atoms with van der Waals surface area (Å²) in [7, 11) is 0. The standard InChI is InChI=1S/C14H24BrNO/c1-9(2)13(15)8-16-14(17)7-12-6-10-3-4-11(12)5-10/h9-13H,3-8H2,1-2H3,(H,16,17). The van der Waals surface area contributed by atoms with Gasteiger partial charge in [-0.05, 0) is 42.9 Å². The van der Waals surface area contributed by atoms with Gasteiger partial charge >= 0.3 is 0 Å². The minimum atomic E-state index is 0.257. The minimum Gasteiger partial charge on any atom is -0.355 e. The normalized spacial score (nSPS) is 33.1. The summed E-state index contributed by atoms with van der Waals surface area (Å²) < 4.78 is 0. The summed E-state index contributed by atoms with van der Waals surface area (Å²) in [6.45, 7) is 5.10. The maximum Gasteiger partial charge on any atom is 0.220 e. The molecule has 4 unspecified atom stereocenters. The predicted octanol–water partition coefficient (Wildman–Crippen LogP) is 3.35. The van der Waals surface area contributed by atoms with Gasteiger partial charge in [0, 0.05) is 17.8 Å². The van der Waals surface area contributed by atoms with Crippen LogP contribution >= 0.6 is 15.9 Å². The molecule has 2 rings (SSSR count). The molecule has 4 atom stereocenters. The number of fused-ring (bicyclic) bond motifs is 2. The number of hydrogen-bond donors (Lipinski definition) is 1. The first-order valence-corrected chi connectivity index (χ1v) is 7.88. The van der Waals surface area contributed by atoms with Crippen molar-refractivity contribution in [2.24, 2.45) is 23.7 Å². The summed E-state index contributed by atoms with van der Waals surface area (Å²) >= 11 is 3.60. The highest BCUT2D eigenvalue weighted by Gasteiger charge is 2.40. The lowest BCUT2D eigenvalue weighted by molar-refractivity contribution is -0.122. The number of rotatable bonds is 5. The predicted molar refractivity (Wildman–Crippen MR) is 74.1 cm³/mol. The summed E-state index contributed by atoms with van der Waals surface area (Å²) in [6.07, 6.45) is 6.25. The molecule has 0 saturated heterocycles. The average molecular weight is 302 g/mol. The molecular weight excluding hydrogens is 278 g/mol. The molecular formula is C14H24BrNO. The fraction of sp³-hybridized carbons (Fsp3) is 0.929. The zero-order chi connectivity index (χ0) is 12.4. The van der Waals surface area contributed by atoms with Crippen LogP contribution in [0, 0.1) is 23.7 Å². The third kappa shape index (κ3) is 3.46. The molecule has 3 heteroatoms. The number of hydrogen-bond acceptors (Lipinski definition) is 1. The van der Waals surface area contributed by atoms with Crippen LogP contribution in [0.4, 0.5) is 0 Å².